The van der Waals surface area contributed by atoms with E-state index in [9.17, 15) is 4.79 Å². The van der Waals surface area contributed by atoms with Crippen LogP contribution in [0.4, 0.5) is 5.82 Å². The predicted octanol–water partition coefficient (Wildman–Crippen LogP) is 7.92. The number of hydrogen-bond acceptors (Lipinski definition) is 5. The predicted molar refractivity (Wildman–Crippen MR) is 164 cm³/mol. The van der Waals surface area contributed by atoms with Crippen LogP contribution in [0.15, 0.2) is 108 Å². The molecule has 0 unspecified atom stereocenters. The van der Waals surface area contributed by atoms with Gasteiger partial charge in [-0.3, -0.25) is 4.79 Å². The summed E-state index contributed by atoms with van der Waals surface area (Å²) in [6.45, 7) is 20.4. The average molecular weight is 529 g/mol. The van der Waals surface area contributed by atoms with Gasteiger partial charge in [0.2, 0.25) is 5.91 Å². The summed E-state index contributed by atoms with van der Waals surface area (Å²) in [6.07, 6.45) is 12.6. The SMILES string of the molecule is C=C/C=C\C(=C/C)CC(=C)N(C)C(=C)SC(=C)CCCCc1ccc(NC(=O)Cc2cccc(C)c2)nn1. The Kier molecular flexibility index (Phi) is 13.1. The van der Waals surface area contributed by atoms with Gasteiger partial charge in [-0.25, -0.2) is 0 Å². The number of rotatable bonds is 16. The van der Waals surface area contributed by atoms with Crippen molar-refractivity contribution in [2.75, 3.05) is 12.4 Å². The summed E-state index contributed by atoms with van der Waals surface area (Å²) >= 11 is 1.60. The lowest BCUT2D eigenvalue weighted by atomic mass is 10.1. The van der Waals surface area contributed by atoms with Crippen molar-refractivity contribution < 1.29 is 4.79 Å². The van der Waals surface area contributed by atoms with Crippen molar-refractivity contribution in [2.45, 2.75) is 52.4 Å². The number of aromatic nitrogens is 2. The van der Waals surface area contributed by atoms with E-state index in [-0.39, 0.29) is 5.91 Å². The summed E-state index contributed by atoms with van der Waals surface area (Å²) in [5.41, 5.74) is 5.18. The number of carbonyl (C=O) groups excluding carboxylic acids is 1. The molecule has 200 valence electrons. The zero-order valence-electron chi connectivity index (χ0n) is 23.0. The molecule has 2 rings (SSSR count). The van der Waals surface area contributed by atoms with Gasteiger partial charge >= 0.3 is 0 Å². The summed E-state index contributed by atoms with van der Waals surface area (Å²) in [7, 11) is 1.99. The van der Waals surface area contributed by atoms with Gasteiger partial charge in [-0.15, -0.1) is 5.10 Å². The van der Waals surface area contributed by atoms with Crippen molar-refractivity contribution in [1.29, 1.82) is 0 Å². The number of allylic oxidation sites excluding steroid dienone is 6. The van der Waals surface area contributed by atoms with Gasteiger partial charge in [0.1, 0.15) is 0 Å². The van der Waals surface area contributed by atoms with Gasteiger partial charge < -0.3 is 10.2 Å². The number of anilines is 1. The Labute approximate surface area is 232 Å². The topological polar surface area (TPSA) is 58.1 Å². The number of amides is 1. The fourth-order valence-electron chi connectivity index (χ4n) is 3.65. The molecule has 38 heavy (non-hydrogen) atoms. The third-order valence-corrected chi connectivity index (χ3v) is 6.91. The van der Waals surface area contributed by atoms with Crippen LogP contribution in [0.25, 0.3) is 0 Å². The molecule has 2 aromatic rings. The third-order valence-electron chi connectivity index (χ3n) is 5.91. The molecule has 0 radical (unpaired) electrons. The van der Waals surface area contributed by atoms with Crippen molar-refractivity contribution in [3.63, 3.8) is 0 Å². The minimum Gasteiger partial charge on any atom is -0.343 e. The number of hydrogen-bond donors (Lipinski definition) is 1. The average Bonchev–Trinajstić information content (AvgIpc) is 2.89. The van der Waals surface area contributed by atoms with E-state index in [1.807, 2.05) is 74.3 Å². The molecular formula is C32H40N4OS. The van der Waals surface area contributed by atoms with Gasteiger partial charge in [0.15, 0.2) is 5.82 Å². The molecule has 1 amide bonds. The van der Waals surface area contributed by atoms with Crippen LogP contribution < -0.4 is 5.32 Å². The summed E-state index contributed by atoms with van der Waals surface area (Å²) in [5, 5.41) is 12.2. The molecule has 1 aromatic carbocycles. The van der Waals surface area contributed by atoms with Crippen LogP contribution in [0.5, 0.6) is 0 Å². The van der Waals surface area contributed by atoms with Crippen LogP contribution in [-0.4, -0.2) is 28.1 Å². The fraction of sp³-hybridized carbons (Fsp3) is 0.281. The Morgan fingerprint density at radius 3 is 2.58 bits per heavy atom. The number of thioether (sulfide) groups is 1. The monoisotopic (exact) mass is 528 g/mol. The Balaban J connectivity index is 1.69. The number of carbonyl (C=O) groups is 1. The zero-order chi connectivity index (χ0) is 27.9. The molecule has 0 fully saturated rings. The maximum atomic E-state index is 12.3. The third kappa shape index (κ3) is 11.2. The quantitative estimate of drug-likeness (QED) is 0.177. The lowest BCUT2D eigenvalue weighted by Crippen LogP contribution is -2.16. The van der Waals surface area contributed by atoms with E-state index in [4.69, 9.17) is 0 Å². The van der Waals surface area contributed by atoms with Gasteiger partial charge in [0, 0.05) is 19.2 Å². The molecule has 1 N–H and O–H groups in total. The Morgan fingerprint density at radius 1 is 1.13 bits per heavy atom. The van der Waals surface area contributed by atoms with Crippen molar-refractivity contribution in [3.8, 4) is 0 Å². The van der Waals surface area contributed by atoms with E-state index in [2.05, 4.69) is 47.9 Å². The smallest absolute Gasteiger partial charge is 0.229 e. The highest BCUT2D eigenvalue weighted by Gasteiger charge is 2.10. The van der Waals surface area contributed by atoms with Crippen LogP contribution in [0.2, 0.25) is 0 Å². The number of nitrogens with zero attached hydrogens (tertiary/aromatic N) is 3. The molecule has 0 atom stereocenters. The van der Waals surface area contributed by atoms with Gasteiger partial charge in [0.05, 0.1) is 17.1 Å². The number of aryl methyl sites for hydroxylation is 2. The largest absolute Gasteiger partial charge is 0.343 e. The molecule has 1 aromatic heterocycles. The summed E-state index contributed by atoms with van der Waals surface area (Å²) in [5.74, 6) is 0.370. The highest BCUT2D eigenvalue weighted by atomic mass is 32.2. The van der Waals surface area contributed by atoms with Crippen LogP contribution in [0, 0.1) is 6.92 Å². The maximum Gasteiger partial charge on any atom is 0.229 e. The first-order chi connectivity index (χ1) is 18.2. The molecule has 1 heterocycles. The lowest BCUT2D eigenvalue weighted by molar-refractivity contribution is -0.115. The Bertz CT molecular complexity index is 1190. The first-order valence-electron chi connectivity index (χ1n) is 12.8. The molecule has 0 saturated heterocycles. The van der Waals surface area contributed by atoms with Crippen LogP contribution >= 0.6 is 11.8 Å². The van der Waals surface area contributed by atoms with E-state index < -0.39 is 0 Å². The zero-order valence-corrected chi connectivity index (χ0v) is 23.8. The molecule has 0 saturated carbocycles. The van der Waals surface area contributed by atoms with Gasteiger partial charge in [-0.2, -0.15) is 5.10 Å². The molecule has 0 aliphatic rings. The van der Waals surface area contributed by atoms with Crippen LogP contribution in [0.3, 0.4) is 0 Å². The number of unbranched alkanes of at least 4 members (excludes halogenated alkanes) is 1. The lowest BCUT2D eigenvalue weighted by Gasteiger charge is -2.24. The molecule has 0 bridgehead atoms. The first kappa shape index (κ1) is 30.6. The van der Waals surface area contributed by atoms with E-state index >= 15 is 0 Å². The summed E-state index contributed by atoms with van der Waals surface area (Å²) in [6, 6.07) is 11.7. The second-order valence-corrected chi connectivity index (χ2v) is 10.4. The van der Waals surface area contributed by atoms with E-state index in [1.54, 1.807) is 17.8 Å². The molecular weight excluding hydrogens is 488 g/mol. The molecule has 6 heteroatoms. The number of benzene rings is 1. The highest BCUT2D eigenvalue weighted by molar-refractivity contribution is 8.06. The molecule has 0 aliphatic heterocycles. The number of nitrogens with one attached hydrogen (secondary N) is 1. The van der Waals surface area contributed by atoms with E-state index in [0.29, 0.717) is 12.2 Å². The normalized spacial score (nSPS) is 11.3. The van der Waals surface area contributed by atoms with Crippen LogP contribution in [0.1, 0.15) is 49.4 Å². The summed E-state index contributed by atoms with van der Waals surface area (Å²) < 4.78 is 0. The summed E-state index contributed by atoms with van der Waals surface area (Å²) in [4.78, 5) is 15.4. The van der Waals surface area contributed by atoms with Crippen molar-refractivity contribution in [2.24, 2.45) is 0 Å². The minimum atomic E-state index is -0.101. The molecule has 0 spiro atoms. The van der Waals surface area contributed by atoms with Crippen molar-refractivity contribution in [3.05, 3.63) is 125 Å². The van der Waals surface area contributed by atoms with E-state index in [0.717, 1.165) is 64.6 Å². The van der Waals surface area contributed by atoms with Gasteiger partial charge in [0.25, 0.3) is 0 Å². The fourth-order valence-corrected chi connectivity index (χ4v) is 4.49. The first-order valence-corrected chi connectivity index (χ1v) is 13.6. The van der Waals surface area contributed by atoms with Gasteiger partial charge in [-0.1, -0.05) is 92.2 Å². The Hall–Kier alpha value is -3.64. The second-order valence-electron chi connectivity index (χ2n) is 9.13. The maximum absolute atomic E-state index is 12.3. The van der Waals surface area contributed by atoms with E-state index in [1.165, 1.54) is 5.57 Å². The second kappa shape index (κ2) is 16.3. The minimum absolute atomic E-state index is 0.101. The van der Waals surface area contributed by atoms with Crippen molar-refractivity contribution in [1.82, 2.24) is 15.1 Å². The standard InChI is InChI=1S/C32H40N4OS/c1-8-10-16-28(9-2)22-25(4)36(7)27(6)38-26(5)15-11-12-18-30-19-20-31(35-34-30)33-32(37)23-29-17-13-14-24(3)21-29/h8-10,13-14,16-17,19-21H,1,4-6,11-12,15,18,22-23H2,2-3,7H3,(H,33,35,37)/b16-10-,28-9+. The molecule has 0 aliphatic carbocycles. The highest BCUT2D eigenvalue weighted by Crippen LogP contribution is 2.31. The van der Waals surface area contributed by atoms with Crippen molar-refractivity contribution >= 4 is 23.5 Å². The van der Waals surface area contributed by atoms with Crippen LogP contribution in [-0.2, 0) is 17.6 Å². The van der Waals surface area contributed by atoms with Gasteiger partial charge in [-0.05, 0) is 67.7 Å². The Morgan fingerprint density at radius 2 is 1.92 bits per heavy atom. The molecule has 5 nitrogen and oxygen atoms in total.